The Bertz CT molecular complexity index is 1030. The minimum Gasteiger partial charge on any atom is -0.361 e. The van der Waals surface area contributed by atoms with E-state index in [0.717, 1.165) is 24.8 Å². The summed E-state index contributed by atoms with van der Waals surface area (Å²) in [6.07, 6.45) is 7.51. The molecule has 0 spiro atoms. The van der Waals surface area contributed by atoms with Gasteiger partial charge in [-0.3, -0.25) is 4.79 Å². The van der Waals surface area contributed by atoms with Gasteiger partial charge >= 0.3 is 0 Å². The summed E-state index contributed by atoms with van der Waals surface area (Å²) in [6, 6.07) is 15.8. The lowest BCUT2D eigenvalue weighted by Crippen LogP contribution is -3.15. The van der Waals surface area contributed by atoms with Crippen molar-refractivity contribution < 1.29 is 14.1 Å². The first kappa shape index (κ1) is 19.3. The van der Waals surface area contributed by atoms with E-state index in [9.17, 15) is 9.18 Å². The molecule has 156 valence electrons. The fraction of sp³-hybridized carbons (Fsp3) is 0.400. The summed E-state index contributed by atoms with van der Waals surface area (Å²) in [7, 11) is 2.30. The second kappa shape index (κ2) is 7.88. The zero-order valence-corrected chi connectivity index (χ0v) is 17.4. The normalized spacial score (nSPS) is 25.5. The molecule has 0 saturated carbocycles. The molecule has 1 amide bonds. The van der Waals surface area contributed by atoms with Crippen LogP contribution in [0, 0.1) is 5.82 Å². The average molecular weight is 407 g/mol. The highest BCUT2D eigenvalue weighted by Crippen LogP contribution is 2.28. The number of fused-ring (bicyclic) bond motifs is 3. The van der Waals surface area contributed by atoms with Gasteiger partial charge in [0.05, 0.1) is 19.1 Å². The molecule has 30 heavy (non-hydrogen) atoms. The standard InChI is InChI=1S/C25H28FN3O/c1-28-20-10-11-21(28)15-22(14-20)29(25(30)17-6-8-19(26)9-7-17)13-12-18-16-27-24-5-3-2-4-23(18)24/h2-9,16,20-22,27H,10-15H2,1H3/p+1. The van der Waals surface area contributed by atoms with Gasteiger partial charge < -0.3 is 14.8 Å². The second-order valence-corrected chi connectivity index (χ2v) is 8.96. The highest BCUT2D eigenvalue weighted by molar-refractivity contribution is 5.94. The first-order chi connectivity index (χ1) is 14.6. The number of benzene rings is 2. The lowest BCUT2D eigenvalue weighted by Gasteiger charge is -2.40. The van der Waals surface area contributed by atoms with Crippen molar-refractivity contribution in [2.45, 2.75) is 50.2 Å². The zero-order valence-electron chi connectivity index (χ0n) is 17.4. The summed E-state index contributed by atoms with van der Waals surface area (Å²) in [5, 5.41) is 1.22. The van der Waals surface area contributed by atoms with Crippen LogP contribution in [0.2, 0.25) is 0 Å². The van der Waals surface area contributed by atoms with Crippen LogP contribution >= 0.6 is 0 Å². The topological polar surface area (TPSA) is 40.5 Å². The predicted octanol–water partition coefficient (Wildman–Crippen LogP) is 3.20. The fourth-order valence-electron chi connectivity index (χ4n) is 5.59. The molecule has 0 aliphatic carbocycles. The summed E-state index contributed by atoms with van der Waals surface area (Å²) in [4.78, 5) is 20.5. The Labute approximate surface area is 176 Å². The van der Waals surface area contributed by atoms with Gasteiger partial charge in [-0.25, -0.2) is 4.39 Å². The Kier molecular flexibility index (Phi) is 5.07. The molecule has 2 fully saturated rings. The highest BCUT2D eigenvalue weighted by Gasteiger charge is 2.44. The van der Waals surface area contributed by atoms with Crippen molar-refractivity contribution in [3.8, 4) is 0 Å². The number of quaternary nitrogens is 1. The lowest BCUT2D eigenvalue weighted by molar-refractivity contribution is -0.922. The number of halogens is 1. The third kappa shape index (κ3) is 3.52. The molecule has 2 N–H and O–H groups in total. The Balaban J connectivity index is 1.40. The molecule has 2 unspecified atom stereocenters. The van der Waals surface area contributed by atoms with E-state index < -0.39 is 0 Å². The molecule has 5 heteroatoms. The molecule has 2 aliphatic rings. The first-order valence-corrected chi connectivity index (χ1v) is 11.0. The number of piperidine rings is 1. The number of hydrogen-bond acceptors (Lipinski definition) is 1. The maximum Gasteiger partial charge on any atom is 0.254 e. The van der Waals surface area contributed by atoms with Crippen molar-refractivity contribution in [3.05, 3.63) is 71.7 Å². The van der Waals surface area contributed by atoms with Gasteiger partial charge in [-0.1, -0.05) is 18.2 Å². The summed E-state index contributed by atoms with van der Waals surface area (Å²) < 4.78 is 13.4. The molecule has 5 rings (SSSR count). The van der Waals surface area contributed by atoms with E-state index in [-0.39, 0.29) is 17.8 Å². The summed E-state index contributed by atoms with van der Waals surface area (Å²) in [5.41, 5.74) is 2.95. The third-order valence-electron chi connectivity index (χ3n) is 7.35. The summed E-state index contributed by atoms with van der Waals surface area (Å²) >= 11 is 0. The van der Waals surface area contributed by atoms with Crippen molar-refractivity contribution in [3.63, 3.8) is 0 Å². The van der Waals surface area contributed by atoms with Gasteiger partial charge in [0.1, 0.15) is 5.82 Å². The van der Waals surface area contributed by atoms with Crippen molar-refractivity contribution in [1.82, 2.24) is 9.88 Å². The molecule has 2 bridgehead atoms. The van der Waals surface area contributed by atoms with E-state index in [2.05, 4.69) is 41.3 Å². The van der Waals surface area contributed by atoms with Crippen molar-refractivity contribution >= 4 is 16.8 Å². The van der Waals surface area contributed by atoms with E-state index in [1.165, 1.54) is 35.9 Å². The van der Waals surface area contributed by atoms with Crippen LogP contribution in [0.1, 0.15) is 41.6 Å². The van der Waals surface area contributed by atoms with Crippen LogP contribution in [0.25, 0.3) is 10.9 Å². The quantitative estimate of drug-likeness (QED) is 0.671. The van der Waals surface area contributed by atoms with Gasteiger partial charge in [0.25, 0.3) is 5.91 Å². The number of carbonyl (C=O) groups excluding carboxylic acids is 1. The van der Waals surface area contributed by atoms with Crippen molar-refractivity contribution in [1.29, 1.82) is 0 Å². The number of hydrogen-bond donors (Lipinski definition) is 2. The molecular formula is C25H29FN3O+. The van der Waals surface area contributed by atoms with Gasteiger partial charge in [-0.2, -0.15) is 0 Å². The van der Waals surface area contributed by atoms with Crippen LogP contribution in [0.5, 0.6) is 0 Å². The largest absolute Gasteiger partial charge is 0.361 e. The number of nitrogens with zero attached hydrogens (tertiary/aromatic N) is 1. The molecule has 3 aromatic rings. The fourth-order valence-corrected chi connectivity index (χ4v) is 5.59. The van der Waals surface area contributed by atoms with Crippen molar-refractivity contribution in [2.24, 2.45) is 0 Å². The molecule has 2 atom stereocenters. The molecule has 2 aliphatic heterocycles. The number of H-pyrrole nitrogens is 1. The molecule has 2 saturated heterocycles. The Morgan fingerprint density at radius 3 is 2.53 bits per heavy atom. The second-order valence-electron chi connectivity index (χ2n) is 8.96. The molecule has 2 aromatic carbocycles. The highest BCUT2D eigenvalue weighted by atomic mass is 19.1. The minimum atomic E-state index is -0.308. The van der Waals surface area contributed by atoms with E-state index in [4.69, 9.17) is 0 Å². The van der Waals surface area contributed by atoms with Gasteiger partial charge in [-0.05, 0) is 42.3 Å². The van der Waals surface area contributed by atoms with Gasteiger partial charge in [0, 0.05) is 60.9 Å². The van der Waals surface area contributed by atoms with Crippen LogP contribution in [0.15, 0.2) is 54.7 Å². The molecular weight excluding hydrogens is 377 g/mol. The number of rotatable bonds is 5. The van der Waals surface area contributed by atoms with Crippen LogP contribution in [-0.2, 0) is 6.42 Å². The Hall–Kier alpha value is -2.66. The van der Waals surface area contributed by atoms with E-state index in [1.54, 1.807) is 17.0 Å². The van der Waals surface area contributed by atoms with E-state index in [1.807, 2.05) is 6.07 Å². The molecule has 1 aromatic heterocycles. The Morgan fingerprint density at radius 1 is 1.10 bits per heavy atom. The molecule has 3 heterocycles. The monoisotopic (exact) mass is 406 g/mol. The third-order valence-corrected chi connectivity index (χ3v) is 7.35. The molecule has 0 radical (unpaired) electrons. The number of amides is 1. The Morgan fingerprint density at radius 2 is 1.80 bits per heavy atom. The van der Waals surface area contributed by atoms with E-state index >= 15 is 0 Å². The summed E-state index contributed by atoms with van der Waals surface area (Å²) in [5.74, 6) is -0.281. The number of nitrogens with one attached hydrogen (secondary N) is 2. The maximum absolute atomic E-state index is 13.5. The van der Waals surface area contributed by atoms with Gasteiger partial charge in [0.2, 0.25) is 0 Å². The van der Waals surface area contributed by atoms with Gasteiger partial charge in [0.15, 0.2) is 0 Å². The van der Waals surface area contributed by atoms with Crippen LogP contribution in [-0.4, -0.2) is 47.5 Å². The van der Waals surface area contributed by atoms with Crippen LogP contribution in [0.4, 0.5) is 4.39 Å². The van der Waals surface area contributed by atoms with Crippen molar-refractivity contribution in [2.75, 3.05) is 13.6 Å². The number of aromatic amines is 1. The predicted molar refractivity (Wildman–Crippen MR) is 116 cm³/mol. The average Bonchev–Trinajstić information content (AvgIpc) is 3.24. The van der Waals surface area contributed by atoms with E-state index in [0.29, 0.717) is 24.2 Å². The first-order valence-electron chi connectivity index (χ1n) is 11.0. The van der Waals surface area contributed by atoms with Gasteiger partial charge in [-0.15, -0.1) is 0 Å². The summed E-state index contributed by atoms with van der Waals surface area (Å²) in [6.45, 7) is 0.682. The lowest BCUT2D eigenvalue weighted by atomic mass is 9.95. The number of aromatic nitrogens is 1. The smallest absolute Gasteiger partial charge is 0.254 e. The molecule has 4 nitrogen and oxygen atoms in total. The SMILES string of the molecule is C[NH+]1C2CCC1CC(N(CCc1c[nH]c3ccccc13)C(=O)c1ccc(F)cc1)C2. The number of para-hydroxylation sites is 1. The van der Waals surface area contributed by atoms with Crippen LogP contribution in [0.3, 0.4) is 0 Å². The minimum absolute atomic E-state index is 0.0267. The maximum atomic E-state index is 13.5. The van der Waals surface area contributed by atoms with Crippen LogP contribution < -0.4 is 4.90 Å². The number of carbonyl (C=O) groups is 1. The zero-order chi connectivity index (χ0) is 20.7.